The minimum Gasteiger partial charge on any atom is -0.303 e. The van der Waals surface area contributed by atoms with Crippen molar-refractivity contribution < 1.29 is 0 Å². The number of nitrogens with zero attached hydrogens (tertiary/aromatic N) is 1. The zero-order valence-corrected chi connectivity index (χ0v) is 17.1. The number of hydrogen-bond acceptors (Lipinski definition) is 2. The van der Waals surface area contributed by atoms with Gasteiger partial charge in [0.1, 0.15) is 0 Å². The van der Waals surface area contributed by atoms with Gasteiger partial charge in [0, 0.05) is 34.5 Å². The molecule has 1 N–H and O–H groups in total. The van der Waals surface area contributed by atoms with Gasteiger partial charge in [0.05, 0.1) is 0 Å². The van der Waals surface area contributed by atoms with Crippen LogP contribution in [0.25, 0.3) is 11.1 Å². The van der Waals surface area contributed by atoms with Crippen molar-refractivity contribution in [1.29, 1.82) is 0 Å². The fourth-order valence-corrected chi connectivity index (χ4v) is 4.49. The lowest BCUT2D eigenvalue weighted by atomic mass is 9.90. The summed E-state index contributed by atoms with van der Waals surface area (Å²) in [5.41, 5.74) is 6.43. The van der Waals surface area contributed by atoms with Crippen LogP contribution in [0.2, 0.25) is 10.0 Å². The Labute approximate surface area is 175 Å². The number of hydrogen-bond donors (Lipinski definition) is 1. The predicted molar refractivity (Wildman–Crippen MR) is 116 cm³/mol. The monoisotopic (exact) mass is 408 g/mol. The Balaban J connectivity index is 1.48. The molecule has 1 aromatic heterocycles. The van der Waals surface area contributed by atoms with E-state index in [4.69, 9.17) is 23.2 Å². The summed E-state index contributed by atoms with van der Waals surface area (Å²) in [6.07, 6.45) is 8.76. The van der Waals surface area contributed by atoms with E-state index in [-0.39, 0.29) is 5.54 Å². The molecule has 0 aliphatic heterocycles. The van der Waals surface area contributed by atoms with Crippen molar-refractivity contribution in [3.8, 4) is 11.1 Å². The molecule has 2 saturated carbocycles. The van der Waals surface area contributed by atoms with Crippen molar-refractivity contribution in [1.82, 2.24) is 10.3 Å². The van der Waals surface area contributed by atoms with E-state index in [1.807, 2.05) is 30.6 Å². The minimum absolute atomic E-state index is 0.0358. The van der Waals surface area contributed by atoms with E-state index in [0.717, 1.165) is 23.4 Å². The molecule has 4 heteroatoms. The van der Waals surface area contributed by atoms with Gasteiger partial charge in [-0.1, -0.05) is 47.5 Å². The van der Waals surface area contributed by atoms with E-state index in [1.165, 1.54) is 35.1 Å². The Kier molecular flexibility index (Phi) is 4.66. The molecule has 1 heterocycles. The summed E-state index contributed by atoms with van der Waals surface area (Å²) in [6, 6.07) is 16.7. The first-order chi connectivity index (χ1) is 13.7. The maximum absolute atomic E-state index is 6.37. The first kappa shape index (κ1) is 18.2. The highest BCUT2D eigenvalue weighted by Gasteiger charge is 2.46. The van der Waals surface area contributed by atoms with Crippen molar-refractivity contribution in [2.45, 2.75) is 43.7 Å². The Morgan fingerprint density at radius 2 is 1.82 bits per heavy atom. The topological polar surface area (TPSA) is 24.9 Å². The summed E-state index contributed by atoms with van der Waals surface area (Å²) >= 11 is 12.5. The third-order valence-corrected chi connectivity index (χ3v) is 6.58. The summed E-state index contributed by atoms with van der Waals surface area (Å²) in [7, 11) is 0. The van der Waals surface area contributed by atoms with E-state index < -0.39 is 0 Å². The van der Waals surface area contributed by atoms with Crippen LogP contribution < -0.4 is 5.32 Å². The van der Waals surface area contributed by atoms with Gasteiger partial charge in [0.2, 0.25) is 0 Å². The van der Waals surface area contributed by atoms with Crippen LogP contribution in [0.4, 0.5) is 0 Å². The molecule has 28 heavy (non-hydrogen) atoms. The molecule has 0 saturated heterocycles. The number of halogens is 2. The number of rotatable bonds is 6. The molecule has 5 rings (SSSR count). The fourth-order valence-electron chi connectivity index (χ4n) is 4.11. The molecule has 3 aromatic rings. The fraction of sp³-hybridized carbons (Fsp3) is 0.292. The highest BCUT2D eigenvalue weighted by atomic mass is 35.5. The third kappa shape index (κ3) is 3.45. The largest absolute Gasteiger partial charge is 0.303 e. The molecule has 0 radical (unpaired) electrons. The van der Waals surface area contributed by atoms with Crippen molar-refractivity contribution in [2.75, 3.05) is 0 Å². The first-order valence-corrected chi connectivity index (χ1v) is 10.6. The van der Waals surface area contributed by atoms with Gasteiger partial charge in [-0.15, -0.1) is 0 Å². The van der Waals surface area contributed by atoms with E-state index in [1.54, 1.807) is 0 Å². The molecule has 2 fully saturated rings. The van der Waals surface area contributed by atoms with Crippen molar-refractivity contribution in [3.05, 3.63) is 87.7 Å². The first-order valence-electron chi connectivity index (χ1n) is 9.89. The summed E-state index contributed by atoms with van der Waals surface area (Å²) < 4.78 is 0. The van der Waals surface area contributed by atoms with E-state index in [2.05, 4.69) is 40.6 Å². The Bertz CT molecular complexity index is 1020. The number of aromatic nitrogens is 1. The lowest BCUT2D eigenvalue weighted by Gasteiger charge is -2.22. The van der Waals surface area contributed by atoms with Gasteiger partial charge < -0.3 is 5.32 Å². The molecule has 0 bridgehead atoms. The minimum atomic E-state index is -0.0358. The second-order valence-corrected chi connectivity index (χ2v) is 8.80. The van der Waals surface area contributed by atoms with Gasteiger partial charge >= 0.3 is 0 Å². The molecule has 142 valence electrons. The number of nitrogens with one attached hydrogen (secondary N) is 1. The Morgan fingerprint density at radius 1 is 1.00 bits per heavy atom. The van der Waals surface area contributed by atoms with Gasteiger partial charge in [0.15, 0.2) is 0 Å². The van der Waals surface area contributed by atoms with E-state index >= 15 is 0 Å². The third-order valence-electron chi connectivity index (χ3n) is 5.98. The number of benzene rings is 2. The van der Waals surface area contributed by atoms with Gasteiger partial charge in [-0.05, 0) is 83.7 Å². The summed E-state index contributed by atoms with van der Waals surface area (Å²) in [5, 5.41) is 5.22. The van der Waals surface area contributed by atoms with E-state index in [0.29, 0.717) is 17.5 Å². The normalized spacial score (nSPS) is 17.5. The lowest BCUT2D eigenvalue weighted by Crippen LogP contribution is -2.29. The summed E-state index contributed by atoms with van der Waals surface area (Å²) in [6.45, 7) is 0.692. The van der Waals surface area contributed by atoms with Crippen LogP contribution in [0.15, 0.2) is 60.9 Å². The summed E-state index contributed by atoms with van der Waals surface area (Å²) in [4.78, 5) is 4.47. The van der Waals surface area contributed by atoms with Gasteiger partial charge in [0.25, 0.3) is 0 Å². The zero-order chi connectivity index (χ0) is 19.1. The standard InChI is InChI=1S/C24H22Cl2N2/c25-18-7-8-23(26)17(13-18)14-28-24(10-11-24)22-15-27-12-9-21(22)20-4-2-1-3-19(20)16-5-6-16/h1-4,7-9,12-13,15-16,28H,5-6,10-11,14H2. The molecule has 2 aliphatic rings. The molecule has 0 atom stereocenters. The molecule has 0 spiro atoms. The quantitative estimate of drug-likeness (QED) is 0.489. The van der Waals surface area contributed by atoms with E-state index in [9.17, 15) is 0 Å². The van der Waals surface area contributed by atoms with Crippen LogP contribution in [-0.4, -0.2) is 4.98 Å². The van der Waals surface area contributed by atoms with Crippen LogP contribution in [0.5, 0.6) is 0 Å². The summed E-state index contributed by atoms with van der Waals surface area (Å²) in [5.74, 6) is 0.714. The van der Waals surface area contributed by atoms with Gasteiger partial charge in [-0.25, -0.2) is 0 Å². The number of pyridine rings is 1. The lowest BCUT2D eigenvalue weighted by molar-refractivity contribution is 0.518. The Hall–Kier alpha value is -1.87. The average molecular weight is 409 g/mol. The zero-order valence-electron chi connectivity index (χ0n) is 15.6. The maximum Gasteiger partial charge on any atom is 0.0460 e. The predicted octanol–water partition coefficient (Wildman–Crippen LogP) is 6.71. The average Bonchev–Trinajstić information content (AvgIpc) is 3.63. The smallest absolute Gasteiger partial charge is 0.0460 e. The molecule has 2 nitrogen and oxygen atoms in total. The van der Waals surface area contributed by atoms with Crippen LogP contribution in [0.1, 0.15) is 48.3 Å². The Morgan fingerprint density at radius 3 is 2.61 bits per heavy atom. The highest BCUT2D eigenvalue weighted by Crippen LogP contribution is 2.51. The second kappa shape index (κ2) is 7.18. The van der Waals surface area contributed by atoms with Crippen molar-refractivity contribution >= 4 is 23.2 Å². The van der Waals surface area contributed by atoms with Crippen LogP contribution in [0.3, 0.4) is 0 Å². The van der Waals surface area contributed by atoms with Crippen molar-refractivity contribution in [3.63, 3.8) is 0 Å². The van der Waals surface area contributed by atoms with Crippen LogP contribution in [0, 0.1) is 0 Å². The highest BCUT2D eigenvalue weighted by molar-refractivity contribution is 6.33. The van der Waals surface area contributed by atoms with Gasteiger partial charge in [-0.2, -0.15) is 0 Å². The van der Waals surface area contributed by atoms with Crippen LogP contribution in [-0.2, 0) is 12.1 Å². The molecule has 2 aliphatic carbocycles. The second-order valence-electron chi connectivity index (χ2n) is 7.95. The van der Waals surface area contributed by atoms with Gasteiger partial charge in [-0.3, -0.25) is 4.98 Å². The van der Waals surface area contributed by atoms with Crippen molar-refractivity contribution in [2.24, 2.45) is 0 Å². The molecule has 0 amide bonds. The molecular weight excluding hydrogens is 387 g/mol. The molecule has 2 aromatic carbocycles. The molecule has 0 unspecified atom stereocenters. The SMILES string of the molecule is Clc1ccc(Cl)c(CNC2(c3cnccc3-c3ccccc3C3CC3)CC2)c1. The molecular formula is C24H22Cl2N2. The van der Waals surface area contributed by atoms with Crippen LogP contribution >= 0.6 is 23.2 Å². The maximum atomic E-state index is 6.37.